The van der Waals surface area contributed by atoms with Gasteiger partial charge in [0, 0.05) is 38.3 Å². The van der Waals surface area contributed by atoms with Crippen LogP contribution in [0.3, 0.4) is 0 Å². The highest BCUT2D eigenvalue weighted by Crippen LogP contribution is 2.24. The minimum atomic E-state index is -0.410. The molecule has 6 nitrogen and oxygen atoms in total. The third kappa shape index (κ3) is 3.40. The van der Waals surface area contributed by atoms with Crippen molar-refractivity contribution in [2.45, 2.75) is 19.1 Å². The summed E-state index contributed by atoms with van der Waals surface area (Å²) in [6.07, 6.45) is 3.21. The highest BCUT2D eigenvalue weighted by Gasteiger charge is 2.42. The molecule has 2 aromatic carbocycles. The molecule has 0 bridgehead atoms. The van der Waals surface area contributed by atoms with E-state index in [-0.39, 0.29) is 18.4 Å². The lowest BCUT2D eigenvalue weighted by Crippen LogP contribution is -2.66. The Bertz CT molecular complexity index is 1040. The van der Waals surface area contributed by atoms with E-state index in [0.29, 0.717) is 19.6 Å². The molecule has 0 N–H and O–H groups in total. The number of benzene rings is 2. The van der Waals surface area contributed by atoms with Crippen molar-refractivity contribution in [3.8, 4) is 0 Å². The predicted octanol–water partition coefficient (Wildman–Crippen LogP) is 2.49. The van der Waals surface area contributed by atoms with Crippen molar-refractivity contribution in [1.82, 2.24) is 14.7 Å². The van der Waals surface area contributed by atoms with E-state index in [2.05, 4.69) is 41.3 Å². The Labute approximate surface area is 169 Å². The average Bonchev–Trinajstić information content (AvgIpc) is 3.25. The molecule has 29 heavy (non-hydrogen) atoms. The molecule has 1 atom stereocenters. The summed E-state index contributed by atoms with van der Waals surface area (Å²) in [5.41, 5.74) is 2.16. The molecule has 2 amide bonds. The Morgan fingerprint density at radius 3 is 2.69 bits per heavy atom. The van der Waals surface area contributed by atoms with Crippen molar-refractivity contribution in [3.63, 3.8) is 0 Å². The van der Waals surface area contributed by atoms with Crippen molar-refractivity contribution in [3.05, 3.63) is 72.2 Å². The lowest BCUT2D eigenvalue weighted by atomic mass is 10.0. The average molecular weight is 389 g/mol. The second kappa shape index (κ2) is 7.37. The molecule has 2 aliphatic heterocycles. The van der Waals surface area contributed by atoms with E-state index in [4.69, 9.17) is 4.42 Å². The van der Waals surface area contributed by atoms with Crippen molar-refractivity contribution in [2.24, 2.45) is 0 Å². The Balaban J connectivity index is 1.34. The van der Waals surface area contributed by atoms with Gasteiger partial charge in [-0.15, -0.1) is 0 Å². The summed E-state index contributed by atoms with van der Waals surface area (Å²) in [5.74, 6) is 0.0522. The molecule has 0 aliphatic carbocycles. The van der Waals surface area contributed by atoms with Crippen LogP contribution >= 0.6 is 0 Å². The number of carbonyl (C=O) groups is 2. The second-order valence-corrected chi connectivity index (χ2v) is 7.80. The zero-order valence-corrected chi connectivity index (χ0v) is 16.2. The van der Waals surface area contributed by atoms with E-state index in [1.54, 1.807) is 22.3 Å². The molecule has 2 aliphatic rings. The number of fused-ring (bicyclic) bond motifs is 2. The van der Waals surface area contributed by atoms with E-state index in [9.17, 15) is 9.59 Å². The molecule has 3 aromatic rings. The summed E-state index contributed by atoms with van der Waals surface area (Å²) < 4.78 is 5.10. The maximum Gasteiger partial charge on any atom is 0.247 e. The minimum absolute atomic E-state index is 0.0217. The fourth-order valence-electron chi connectivity index (χ4n) is 4.44. The monoisotopic (exact) mass is 389 g/mol. The number of hydrogen-bond acceptors (Lipinski definition) is 4. The van der Waals surface area contributed by atoms with Crippen molar-refractivity contribution < 1.29 is 14.0 Å². The van der Waals surface area contributed by atoms with Gasteiger partial charge in [0.15, 0.2) is 0 Å². The number of furan rings is 1. The number of rotatable bonds is 4. The summed E-state index contributed by atoms with van der Waals surface area (Å²) in [5, 5.41) is 2.46. The van der Waals surface area contributed by atoms with Gasteiger partial charge in [0.1, 0.15) is 12.6 Å². The maximum atomic E-state index is 13.1. The van der Waals surface area contributed by atoms with Crippen LogP contribution in [0.15, 0.2) is 65.5 Å². The summed E-state index contributed by atoms with van der Waals surface area (Å²) in [7, 11) is 0. The van der Waals surface area contributed by atoms with Crippen molar-refractivity contribution in [2.75, 3.05) is 26.2 Å². The zero-order valence-electron chi connectivity index (χ0n) is 16.2. The van der Waals surface area contributed by atoms with E-state index in [1.165, 1.54) is 16.3 Å². The van der Waals surface area contributed by atoms with E-state index < -0.39 is 6.04 Å². The Hall–Kier alpha value is -3.12. The van der Waals surface area contributed by atoms with Gasteiger partial charge in [0.2, 0.25) is 11.8 Å². The third-order valence-corrected chi connectivity index (χ3v) is 5.94. The lowest BCUT2D eigenvalue weighted by Gasteiger charge is -2.46. The molecule has 148 valence electrons. The van der Waals surface area contributed by atoms with Gasteiger partial charge < -0.3 is 14.2 Å². The predicted molar refractivity (Wildman–Crippen MR) is 109 cm³/mol. The molecular weight excluding hydrogens is 366 g/mol. The lowest BCUT2D eigenvalue weighted by molar-refractivity contribution is -0.160. The smallest absolute Gasteiger partial charge is 0.247 e. The first-order valence-corrected chi connectivity index (χ1v) is 9.97. The SMILES string of the molecule is O=C1C2CN(Cc3cccc4ccccc34)CCN2C(=O)CN1Cc1ccoc1. The van der Waals surface area contributed by atoms with Crippen LogP contribution in [-0.4, -0.2) is 58.7 Å². The van der Waals surface area contributed by atoms with Gasteiger partial charge in [-0.05, 0) is 22.4 Å². The standard InChI is InChI=1S/C23H23N3O3/c27-22-15-25(12-17-8-11-29-16-17)23(28)21-14-24(9-10-26(21)22)13-19-6-3-5-18-4-1-2-7-20(18)19/h1-8,11,16,21H,9-10,12-15H2. The topological polar surface area (TPSA) is 57.0 Å². The van der Waals surface area contributed by atoms with Crippen LogP contribution in [-0.2, 0) is 22.7 Å². The Morgan fingerprint density at radius 1 is 0.966 bits per heavy atom. The Morgan fingerprint density at radius 2 is 1.83 bits per heavy atom. The zero-order chi connectivity index (χ0) is 19.8. The number of carbonyl (C=O) groups excluding carboxylic acids is 2. The number of amides is 2. The summed E-state index contributed by atoms with van der Waals surface area (Å²) in [6.45, 7) is 3.27. The molecule has 5 rings (SSSR count). The highest BCUT2D eigenvalue weighted by atomic mass is 16.3. The largest absolute Gasteiger partial charge is 0.472 e. The van der Waals surface area contributed by atoms with E-state index in [0.717, 1.165) is 18.7 Å². The highest BCUT2D eigenvalue weighted by molar-refractivity contribution is 5.95. The molecule has 0 saturated carbocycles. The van der Waals surface area contributed by atoms with Gasteiger partial charge in [0.25, 0.3) is 0 Å². The van der Waals surface area contributed by atoms with Gasteiger partial charge in [-0.2, -0.15) is 0 Å². The fraction of sp³-hybridized carbons (Fsp3) is 0.304. The quantitative estimate of drug-likeness (QED) is 0.688. The normalized spacial score (nSPS) is 20.3. The van der Waals surface area contributed by atoms with Crippen LogP contribution in [0, 0.1) is 0 Å². The van der Waals surface area contributed by atoms with Gasteiger partial charge in [-0.1, -0.05) is 42.5 Å². The third-order valence-electron chi connectivity index (χ3n) is 5.94. The number of nitrogens with zero attached hydrogens (tertiary/aromatic N) is 3. The molecule has 0 spiro atoms. The van der Waals surface area contributed by atoms with Gasteiger partial charge in [-0.3, -0.25) is 14.5 Å². The van der Waals surface area contributed by atoms with Crippen LogP contribution in [0.1, 0.15) is 11.1 Å². The summed E-state index contributed by atoms with van der Waals surface area (Å²) in [4.78, 5) is 31.5. The molecule has 2 fully saturated rings. The Kier molecular flexibility index (Phi) is 4.56. The molecule has 1 unspecified atom stereocenters. The molecule has 3 heterocycles. The van der Waals surface area contributed by atoms with Gasteiger partial charge >= 0.3 is 0 Å². The number of piperazine rings is 2. The first-order chi connectivity index (χ1) is 14.2. The van der Waals surface area contributed by atoms with Gasteiger partial charge in [-0.25, -0.2) is 0 Å². The number of hydrogen-bond donors (Lipinski definition) is 0. The molecule has 6 heteroatoms. The maximum absolute atomic E-state index is 13.1. The van der Waals surface area contributed by atoms with Gasteiger partial charge in [0.05, 0.1) is 12.5 Å². The first-order valence-electron chi connectivity index (χ1n) is 9.97. The van der Waals surface area contributed by atoms with Crippen LogP contribution in [0.4, 0.5) is 0 Å². The molecule has 2 saturated heterocycles. The van der Waals surface area contributed by atoms with Crippen LogP contribution < -0.4 is 0 Å². The fourth-order valence-corrected chi connectivity index (χ4v) is 4.44. The molecular formula is C23H23N3O3. The van der Waals surface area contributed by atoms with E-state index >= 15 is 0 Å². The molecule has 0 radical (unpaired) electrons. The first kappa shape index (κ1) is 17.9. The molecule has 1 aromatic heterocycles. The van der Waals surface area contributed by atoms with Crippen LogP contribution in [0.2, 0.25) is 0 Å². The van der Waals surface area contributed by atoms with Crippen LogP contribution in [0.5, 0.6) is 0 Å². The van der Waals surface area contributed by atoms with Crippen LogP contribution in [0.25, 0.3) is 10.8 Å². The summed E-state index contributed by atoms with van der Waals surface area (Å²) in [6, 6.07) is 16.1. The van der Waals surface area contributed by atoms with Crippen molar-refractivity contribution >= 4 is 22.6 Å². The second-order valence-electron chi connectivity index (χ2n) is 7.80. The summed E-state index contributed by atoms with van der Waals surface area (Å²) >= 11 is 0. The van der Waals surface area contributed by atoms with Crippen molar-refractivity contribution in [1.29, 1.82) is 0 Å². The van der Waals surface area contributed by atoms with E-state index in [1.807, 2.05) is 12.1 Å². The minimum Gasteiger partial charge on any atom is -0.472 e.